The van der Waals surface area contributed by atoms with Crippen molar-refractivity contribution in [2.45, 2.75) is 19.8 Å². The number of rotatable bonds is 8. The predicted octanol–water partition coefficient (Wildman–Crippen LogP) is 1.56. The minimum absolute atomic E-state index is 0.0414. The van der Waals surface area contributed by atoms with Crippen LogP contribution in [0.15, 0.2) is 30.3 Å². The molecule has 0 bridgehead atoms. The lowest BCUT2D eigenvalue weighted by Crippen LogP contribution is -2.35. The molecule has 100 valence electrons. The van der Waals surface area contributed by atoms with Crippen LogP contribution in [0.3, 0.4) is 0 Å². The fourth-order valence-corrected chi connectivity index (χ4v) is 1.59. The van der Waals surface area contributed by atoms with Crippen LogP contribution in [-0.4, -0.2) is 25.6 Å². The highest BCUT2D eigenvalue weighted by atomic mass is 16.5. The second kappa shape index (κ2) is 8.53. The Hall–Kier alpha value is -1.55. The molecule has 1 unspecified atom stereocenters. The molecule has 3 N–H and O–H groups in total. The summed E-state index contributed by atoms with van der Waals surface area (Å²) in [6, 6.07) is 9.65. The molecular weight excluding hydrogens is 228 g/mol. The topological polar surface area (TPSA) is 64.4 Å². The first kappa shape index (κ1) is 14.5. The van der Waals surface area contributed by atoms with E-state index in [0.29, 0.717) is 19.7 Å². The van der Waals surface area contributed by atoms with E-state index in [1.807, 2.05) is 37.3 Å². The van der Waals surface area contributed by atoms with Gasteiger partial charge in [0.1, 0.15) is 5.75 Å². The first-order valence-corrected chi connectivity index (χ1v) is 6.43. The van der Waals surface area contributed by atoms with Gasteiger partial charge in [-0.1, -0.05) is 25.1 Å². The standard InChI is InChI=1S/C14H22N2O2/c1-2-12(11-15)14(17)16-9-6-10-18-13-7-4-3-5-8-13/h3-5,7-8,12H,2,6,9-11,15H2,1H3,(H,16,17). The highest BCUT2D eigenvalue weighted by Gasteiger charge is 2.12. The molecule has 4 heteroatoms. The molecule has 0 radical (unpaired) electrons. The smallest absolute Gasteiger partial charge is 0.224 e. The van der Waals surface area contributed by atoms with Crippen molar-refractivity contribution in [3.63, 3.8) is 0 Å². The second-order valence-corrected chi connectivity index (χ2v) is 4.15. The van der Waals surface area contributed by atoms with Gasteiger partial charge < -0.3 is 15.8 Å². The number of carbonyl (C=O) groups is 1. The Balaban J connectivity index is 2.10. The highest BCUT2D eigenvalue weighted by molar-refractivity contribution is 5.78. The summed E-state index contributed by atoms with van der Waals surface area (Å²) in [5.41, 5.74) is 5.51. The van der Waals surface area contributed by atoms with E-state index in [0.717, 1.165) is 18.6 Å². The summed E-state index contributed by atoms with van der Waals surface area (Å²) in [6.45, 7) is 3.60. The molecule has 0 saturated carbocycles. The van der Waals surface area contributed by atoms with Crippen LogP contribution in [0.2, 0.25) is 0 Å². The van der Waals surface area contributed by atoms with Crippen LogP contribution in [0.1, 0.15) is 19.8 Å². The zero-order chi connectivity index (χ0) is 13.2. The molecule has 1 rings (SSSR count). The number of nitrogens with two attached hydrogens (primary N) is 1. The van der Waals surface area contributed by atoms with Gasteiger partial charge in [0.2, 0.25) is 5.91 Å². The summed E-state index contributed by atoms with van der Waals surface area (Å²) >= 11 is 0. The number of hydrogen-bond acceptors (Lipinski definition) is 3. The Bertz CT molecular complexity index is 337. The normalized spacial score (nSPS) is 11.9. The van der Waals surface area contributed by atoms with Crippen LogP contribution >= 0.6 is 0 Å². The average Bonchev–Trinajstić information content (AvgIpc) is 2.41. The predicted molar refractivity (Wildman–Crippen MR) is 72.4 cm³/mol. The van der Waals surface area contributed by atoms with Gasteiger partial charge in [-0.15, -0.1) is 0 Å². The van der Waals surface area contributed by atoms with Crippen molar-refractivity contribution >= 4 is 5.91 Å². The van der Waals surface area contributed by atoms with Gasteiger partial charge in [0, 0.05) is 19.0 Å². The zero-order valence-electron chi connectivity index (χ0n) is 10.9. The van der Waals surface area contributed by atoms with Crippen LogP contribution in [0.5, 0.6) is 5.75 Å². The molecule has 1 atom stereocenters. The molecule has 1 amide bonds. The number of carbonyl (C=O) groups excluding carboxylic acids is 1. The van der Waals surface area contributed by atoms with E-state index >= 15 is 0 Å². The summed E-state index contributed by atoms with van der Waals surface area (Å²) in [5.74, 6) is 0.831. The molecule has 0 fully saturated rings. The van der Waals surface area contributed by atoms with E-state index < -0.39 is 0 Å². The first-order valence-electron chi connectivity index (χ1n) is 6.43. The van der Waals surface area contributed by atoms with E-state index in [9.17, 15) is 4.79 Å². The molecule has 0 heterocycles. The third kappa shape index (κ3) is 5.19. The minimum atomic E-state index is -0.0694. The molecular formula is C14H22N2O2. The third-order valence-electron chi connectivity index (χ3n) is 2.78. The molecule has 0 aliphatic carbocycles. The van der Waals surface area contributed by atoms with Crippen LogP contribution in [0.25, 0.3) is 0 Å². The lowest BCUT2D eigenvalue weighted by Gasteiger charge is -2.12. The van der Waals surface area contributed by atoms with Crippen LogP contribution in [-0.2, 0) is 4.79 Å². The number of ether oxygens (including phenoxy) is 1. The van der Waals surface area contributed by atoms with Crippen molar-refractivity contribution in [3.05, 3.63) is 30.3 Å². The maximum Gasteiger partial charge on any atom is 0.224 e. The van der Waals surface area contributed by atoms with Crippen LogP contribution in [0.4, 0.5) is 0 Å². The van der Waals surface area contributed by atoms with Gasteiger partial charge in [0.15, 0.2) is 0 Å². The number of benzene rings is 1. The molecule has 0 aliphatic heterocycles. The molecule has 0 saturated heterocycles. The monoisotopic (exact) mass is 250 g/mol. The van der Waals surface area contributed by atoms with Crippen molar-refractivity contribution in [1.29, 1.82) is 0 Å². The Labute approximate surface area is 109 Å². The van der Waals surface area contributed by atoms with Gasteiger partial charge in [-0.25, -0.2) is 0 Å². The summed E-state index contributed by atoms with van der Waals surface area (Å²) in [6.07, 6.45) is 1.57. The highest BCUT2D eigenvalue weighted by Crippen LogP contribution is 2.08. The lowest BCUT2D eigenvalue weighted by atomic mass is 10.1. The van der Waals surface area contributed by atoms with Crippen molar-refractivity contribution < 1.29 is 9.53 Å². The van der Waals surface area contributed by atoms with Crippen LogP contribution < -0.4 is 15.8 Å². The molecule has 1 aromatic carbocycles. The summed E-state index contributed by atoms with van der Waals surface area (Å²) in [7, 11) is 0. The Morgan fingerprint density at radius 3 is 2.72 bits per heavy atom. The number of amides is 1. The van der Waals surface area contributed by atoms with Gasteiger partial charge in [-0.2, -0.15) is 0 Å². The van der Waals surface area contributed by atoms with E-state index in [1.165, 1.54) is 0 Å². The van der Waals surface area contributed by atoms with E-state index in [2.05, 4.69) is 5.32 Å². The van der Waals surface area contributed by atoms with Gasteiger partial charge in [0.05, 0.1) is 6.61 Å². The van der Waals surface area contributed by atoms with Gasteiger partial charge in [0.25, 0.3) is 0 Å². The van der Waals surface area contributed by atoms with Crippen molar-refractivity contribution in [3.8, 4) is 5.75 Å². The third-order valence-corrected chi connectivity index (χ3v) is 2.78. The maximum absolute atomic E-state index is 11.6. The van der Waals surface area contributed by atoms with Gasteiger partial charge >= 0.3 is 0 Å². The van der Waals surface area contributed by atoms with Crippen molar-refractivity contribution in [2.75, 3.05) is 19.7 Å². The lowest BCUT2D eigenvalue weighted by molar-refractivity contribution is -0.124. The SMILES string of the molecule is CCC(CN)C(=O)NCCCOc1ccccc1. The van der Waals surface area contributed by atoms with E-state index in [-0.39, 0.29) is 11.8 Å². The Morgan fingerprint density at radius 2 is 2.11 bits per heavy atom. The fraction of sp³-hybridized carbons (Fsp3) is 0.500. The quantitative estimate of drug-likeness (QED) is 0.688. The largest absolute Gasteiger partial charge is 0.494 e. The van der Waals surface area contributed by atoms with Gasteiger partial charge in [-0.05, 0) is 25.0 Å². The second-order valence-electron chi connectivity index (χ2n) is 4.15. The van der Waals surface area contributed by atoms with Crippen LogP contribution in [0, 0.1) is 5.92 Å². The zero-order valence-corrected chi connectivity index (χ0v) is 10.9. The maximum atomic E-state index is 11.6. The average molecular weight is 250 g/mol. The molecule has 1 aromatic rings. The van der Waals surface area contributed by atoms with Crippen molar-refractivity contribution in [2.24, 2.45) is 11.7 Å². The molecule has 0 spiro atoms. The van der Waals surface area contributed by atoms with E-state index in [4.69, 9.17) is 10.5 Å². The molecule has 0 aromatic heterocycles. The molecule has 18 heavy (non-hydrogen) atoms. The fourth-order valence-electron chi connectivity index (χ4n) is 1.59. The summed E-state index contributed by atoms with van der Waals surface area (Å²) in [5, 5.41) is 2.87. The first-order chi connectivity index (χ1) is 8.77. The number of hydrogen-bond donors (Lipinski definition) is 2. The summed E-state index contributed by atoms with van der Waals surface area (Å²) < 4.78 is 5.52. The number of nitrogens with one attached hydrogen (secondary N) is 1. The van der Waals surface area contributed by atoms with Gasteiger partial charge in [-0.3, -0.25) is 4.79 Å². The van der Waals surface area contributed by atoms with E-state index in [1.54, 1.807) is 0 Å². The Kier molecular flexibility index (Phi) is 6.87. The molecule has 4 nitrogen and oxygen atoms in total. The number of para-hydroxylation sites is 1. The Morgan fingerprint density at radius 1 is 1.39 bits per heavy atom. The summed E-state index contributed by atoms with van der Waals surface area (Å²) in [4.78, 5) is 11.6. The van der Waals surface area contributed by atoms with Crippen molar-refractivity contribution in [1.82, 2.24) is 5.32 Å². The minimum Gasteiger partial charge on any atom is -0.494 e. The molecule has 0 aliphatic rings.